The zero-order valence-corrected chi connectivity index (χ0v) is 27.4. The molecule has 1 atom stereocenters. The second-order valence-corrected chi connectivity index (χ2v) is 12.6. The standard InChI is InChI=1S/C40H39NO8/c1-46-34-13-11-27(21-36(34)48-18-14-25-10-12-33-28(20-25)15-19-47-33)29(22-37(45)41-16-6-3-7-17-41)38-30(42)23-31(43)39-32(44)24-35(49-40(38)39)26-8-4-2-5-9-26/h2,4-5,8-13,20-21,23-24,29,42-43H,3,6-7,14-19,22H2,1H3. The Labute approximate surface area is 284 Å². The van der Waals surface area contributed by atoms with Gasteiger partial charge in [-0.2, -0.15) is 0 Å². The number of nitrogens with zero attached hydrogens (tertiary/aromatic N) is 1. The van der Waals surface area contributed by atoms with Crippen molar-refractivity contribution in [1.29, 1.82) is 0 Å². The lowest BCUT2D eigenvalue weighted by atomic mass is 9.85. The van der Waals surface area contributed by atoms with E-state index in [-0.39, 0.29) is 40.4 Å². The Morgan fingerprint density at radius 1 is 0.918 bits per heavy atom. The largest absolute Gasteiger partial charge is 0.507 e. The van der Waals surface area contributed by atoms with E-state index in [0.29, 0.717) is 55.4 Å². The molecule has 0 spiro atoms. The van der Waals surface area contributed by atoms with Crippen molar-refractivity contribution in [2.45, 2.75) is 44.4 Å². The monoisotopic (exact) mass is 661 g/mol. The molecule has 9 heteroatoms. The third-order valence-electron chi connectivity index (χ3n) is 9.48. The highest BCUT2D eigenvalue weighted by atomic mass is 16.5. The number of likely N-dealkylation sites (tertiary alicyclic amines) is 1. The molecule has 4 aromatic carbocycles. The summed E-state index contributed by atoms with van der Waals surface area (Å²) in [5, 5.41) is 22.3. The van der Waals surface area contributed by atoms with Crippen LogP contribution in [0.4, 0.5) is 0 Å². The van der Waals surface area contributed by atoms with Crippen LogP contribution < -0.4 is 19.6 Å². The van der Waals surface area contributed by atoms with Gasteiger partial charge in [0, 0.05) is 61.5 Å². The third-order valence-corrected chi connectivity index (χ3v) is 9.48. The van der Waals surface area contributed by atoms with E-state index in [4.69, 9.17) is 18.6 Å². The Morgan fingerprint density at radius 2 is 1.73 bits per heavy atom. The molecule has 0 saturated carbocycles. The van der Waals surface area contributed by atoms with Crippen LogP contribution in [0.15, 0.2) is 88.1 Å². The van der Waals surface area contributed by atoms with Crippen molar-refractivity contribution >= 4 is 16.9 Å². The molecule has 7 rings (SSSR count). The van der Waals surface area contributed by atoms with E-state index in [1.165, 1.54) is 11.6 Å². The maximum Gasteiger partial charge on any atom is 0.223 e. The highest BCUT2D eigenvalue weighted by Crippen LogP contribution is 2.45. The van der Waals surface area contributed by atoms with Crippen LogP contribution in [-0.4, -0.2) is 54.4 Å². The summed E-state index contributed by atoms with van der Waals surface area (Å²) in [6.07, 6.45) is 4.48. The molecule has 1 saturated heterocycles. The van der Waals surface area contributed by atoms with Crippen LogP contribution in [0.2, 0.25) is 0 Å². The molecular weight excluding hydrogens is 622 g/mol. The van der Waals surface area contributed by atoms with Gasteiger partial charge in [-0.15, -0.1) is 0 Å². The molecule has 9 nitrogen and oxygen atoms in total. The average Bonchev–Trinajstić information content (AvgIpc) is 3.59. The van der Waals surface area contributed by atoms with Crippen molar-refractivity contribution in [2.75, 3.05) is 33.4 Å². The minimum atomic E-state index is -0.753. The van der Waals surface area contributed by atoms with Gasteiger partial charge in [0.15, 0.2) is 16.9 Å². The lowest BCUT2D eigenvalue weighted by Crippen LogP contribution is -2.36. The van der Waals surface area contributed by atoms with E-state index >= 15 is 0 Å². The van der Waals surface area contributed by atoms with Gasteiger partial charge in [-0.05, 0) is 54.2 Å². The predicted molar refractivity (Wildman–Crippen MR) is 186 cm³/mol. The molecule has 0 aliphatic carbocycles. The lowest BCUT2D eigenvalue weighted by Gasteiger charge is -2.29. The molecule has 1 aromatic heterocycles. The van der Waals surface area contributed by atoms with E-state index in [1.807, 2.05) is 59.5 Å². The average molecular weight is 662 g/mol. The number of ether oxygens (including phenoxy) is 3. The second kappa shape index (κ2) is 14.0. The predicted octanol–water partition coefficient (Wildman–Crippen LogP) is 6.97. The summed E-state index contributed by atoms with van der Waals surface area (Å²) < 4.78 is 24.0. The van der Waals surface area contributed by atoms with Gasteiger partial charge < -0.3 is 33.7 Å². The summed E-state index contributed by atoms with van der Waals surface area (Å²) in [5.41, 5.74) is 3.45. The molecule has 1 amide bonds. The maximum absolute atomic E-state index is 13.9. The van der Waals surface area contributed by atoms with E-state index in [0.717, 1.165) is 43.1 Å². The molecule has 3 heterocycles. The van der Waals surface area contributed by atoms with Gasteiger partial charge in [0.05, 0.1) is 20.3 Å². The Bertz CT molecular complexity index is 2050. The molecule has 1 fully saturated rings. The van der Waals surface area contributed by atoms with Crippen molar-refractivity contribution in [1.82, 2.24) is 4.90 Å². The summed E-state index contributed by atoms with van der Waals surface area (Å²) in [4.78, 5) is 29.2. The van der Waals surface area contributed by atoms with Crippen LogP contribution >= 0.6 is 0 Å². The van der Waals surface area contributed by atoms with Gasteiger partial charge in [-0.1, -0.05) is 48.5 Å². The number of hydrogen-bond acceptors (Lipinski definition) is 8. The van der Waals surface area contributed by atoms with Crippen LogP contribution in [0.25, 0.3) is 22.3 Å². The number of rotatable bonds is 10. The highest BCUT2D eigenvalue weighted by Gasteiger charge is 2.30. The molecule has 0 bridgehead atoms. The van der Waals surface area contributed by atoms with Crippen molar-refractivity contribution in [3.8, 4) is 40.1 Å². The van der Waals surface area contributed by atoms with E-state index < -0.39 is 17.1 Å². The number of benzene rings is 4. The number of carbonyl (C=O) groups is 1. The van der Waals surface area contributed by atoms with Gasteiger partial charge in [0.2, 0.25) is 5.91 Å². The third kappa shape index (κ3) is 6.66. The molecule has 1 unspecified atom stereocenters. The van der Waals surface area contributed by atoms with E-state index in [2.05, 4.69) is 6.07 Å². The fourth-order valence-corrected chi connectivity index (χ4v) is 6.93. The zero-order valence-electron chi connectivity index (χ0n) is 27.4. The molecule has 2 N–H and O–H groups in total. The van der Waals surface area contributed by atoms with Crippen molar-refractivity contribution in [3.05, 3.63) is 111 Å². The van der Waals surface area contributed by atoms with Crippen molar-refractivity contribution in [3.63, 3.8) is 0 Å². The van der Waals surface area contributed by atoms with Gasteiger partial charge in [0.1, 0.15) is 34.0 Å². The quantitative estimate of drug-likeness (QED) is 0.165. The SMILES string of the molecule is COc1ccc(C(CC(=O)N2CCCCC2)c2c(O)cc(O)c3c(=O)cc(-c4ccccc4)oc23)cc1OCCc1ccc2c(c1)CCO2. The number of amides is 1. The summed E-state index contributed by atoms with van der Waals surface area (Å²) in [6.45, 7) is 2.39. The Balaban J connectivity index is 1.30. The number of phenols is 2. The minimum absolute atomic E-state index is 0.00429. The molecular formula is C40H39NO8. The first kappa shape index (κ1) is 32.1. The maximum atomic E-state index is 13.9. The number of phenolic OH excluding ortho intramolecular Hbond substituents is 2. The van der Waals surface area contributed by atoms with Crippen LogP contribution in [0.3, 0.4) is 0 Å². The first-order chi connectivity index (χ1) is 23.9. The number of methoxy groups -OCH3 is 1. The Hall–Kier alpha value is -5.44. The lowest BCUT2D eigenvalue weighted by molar-refractivity contribution is -0.132. The van der Waals surface area contributed by atoms with Crippen molar-refractivity contribution in [2.24, 2.45) is 0 Å². The second-order valence-electron chi connectivity index (χ2n) is 12.6. The zero-order chi connectivity index (χ0) is 33.9. The topological polar surface area (TPSA) is 119 Å². The number of fused-ring (bicyclic) bond motifs is 2. The van der Waals surface area contributed by atoms with Gasteiger partial charge in [0.25, 0.3) is 0 Å². The molecule has 49 heavy (non-hydrogen) atoms. The highest BCUT2D eigenvalue weighted by molar-refractivity contribution is 5.91. The molecule has 2 aliphatic heterocycles. The van der Waals surface area contributed by atoms with Crippen LogP contribution in [0, 0.1) is 0 Å². The summed E-state index contributed by atoms with van der Waals surface area (Å²) in [7, 11) is 1.57. The first-order valence-electron chi connectivity index (χ1n) is 16.8. The fraction of sp³-hybridized carbons (Fsp3) is 0.300. The van der Waals surface area contributed by atoms with Crippen LogP contribution in [-0.2, 0) is 17.6 Å². The summed E-state index contributed by atoms with van der Waals surface area (Å²) >= 11 is 0. The molecule has 252 valence electrons. The van der Waals surface area contributed by atoms with E-state index in [1.54, 1.807) is 13.2 Å². The number of piperidine rings is 1. The summed E-state index contributed by atoms with van der Waals surface area (Å²) in [6, 6.07) is 23.3. The van der Waals surface area contributed by atoms with Crippen LogP contribution in [0.1, 0.15) is 53.9 Å². The van der Waals surface area contributed by atoms with Crippen LogP contribution in [0.5, 0.6) is 28.7 Å². The van der Waals surface area contributed by atoms with E-state index in [9.17, 15) is 19.8 Å². The number of hydrogen-bond donors (Lipinski definition) is 2. The van der Waals surface area contributed by atoms with Gasteiger partial charge in [-0.25, -0.2) is 0 Å². The number of aromatic hydroxyl groups is 2. The number of carbonyl (C=O) groups excluding carboxylic acids is 1. The fourth-order valence-electron chi connectivity index (χ4n) is 6.93. The normalized spacial score (nSPS) is 14.7. The minimum Gasteiger partial charge on any atom is -0.507 e. The smallest absolute Gasteiger partial charge is 0.223 e. The summed E-state index contributed by atoms with van der Waals surface area (Å²) in [5.74, 6) is 0.695. The molecule has 0 radical (unpaired) electrons. The van der Waals surface area contributed by atoms with Gasteiger partial charge in [-0.3, -0.25) is 9.59 Å². The molecule has 5 aromatic rings. The van der Waals surface area contributed by atoms with Gasteiger partial charge >= 0.3 is 0 Å². The molecule has 2 aliphatic rings. The Morgan fingerprint density at radius 3 is 2.53 bits per heavy atom. The Kier molecular flexibility index (Phi) is 9.15. The van der Waals surface area contributed by atoms with Crippen molar-refractivity contribution < 1.29 is 33.6 Å². The first-order valence-corrected chi connectivity index (χ1v) is 16.8.